The van der Waals surface area contributed by atoms with Gasteiger partial charge in [-0.2, -0.15) is 0 Å². The van der Waals surface area contributed by atoms with E-state index in [-0.39, 0.29) is 5.97 Å². The van der Waals surface area contributed by atoms with Crippen LogP contribution in [0.4, 0.5) is 5.82 Å². The zero-order chi connectivity index (χ0) is 25.9. The first-order valence-electron chi connectivity index (χ1n) is 12.5. The van der Waals surface area contributed by atoms with Crippen molar-refractivity contribution >= 4 is 18.0 Å². The monoisotopic (exact) mass is 488 g/mol. The Kier molecular flexibility index (Phi) is 10.0. The number of methoxy groups -OCH3 is 1. The molecule has 0 bridgehead atoms. The summed E-state index contributed by atoms with van der Waals surface area (Å²) in [7, 11) is 1.65. The van der Waals surface area contributed by atoms with Crippen LogP contribution in [0.25, 0.3) is 0 Å². The van der Waals surface area contributed by atoms with Crippen molar-refractivity contribution in [1.29, 1.82) is 5.41 Å². The van der Waals surface area contributed by atoms with E-state index in [0.29, 0.717) is 32.1 Å². The van der Waals surface area contributed by atoms with Gasteiger partial charge in [-0.1, -0.05) is 56.3 Å². The molecule has 1 aliphatic heterocycles. The number of aromatic nitrogens is 1. The number of hydrogen-bond donors (Lipinski definition) is 2. The van der Waals surface area contributed by atoms with E-state index in [4.69, 9.17) is 14.9 Å². The number of carbonyl (C=O) groups is 1. The first-order valence-corrected chi connectivity index (χ1v) is 12.5. The fourth-order valence-electron chi connectivity index (χ4n) is 4.39. The highest BCUT2D eigenvalue weighted by Crippen LogP contribution is 2.31. The Hall–Kier alpha value is -3.71. The van der Waals surface area contributed by atoms with Gasteiger partial charge in [0.05, 0.1) is 13.7 Å². The molecular weight excluding hydrogens is 452 g/mol. The van der Waals surface area contributed by atoms with Crippen LogP contribution in [0, 0.1) is 5.41 Å². The fourth-order valence-corrected chi connectivity index (χ4v) is 4.39. The molecule has 2 N–H and O–H groups in total. The SMILES string of the molecule is CC.CCOC(=O)C(c1ccccc1)N1CCc2c(cnc(NCc3ccc(OC)cc3)c2C=N)C1. The van der Waals surface area contributed by atoms with Gasteiger partial charge in [0.1, 0.15) is 17.6 Å². The van der Waals surface area contributed by atoms with Crippen LogP contribution in [0.5, 0.6) is 5.75 Å². The second-order valence-electron chi connectivity index (χ2n) is 8.16. The molecule has 2 heterocycles. The van der Waals surface area contributed by atoms with Gasteiger partial charge >= 0.3 is 5.97 Å². The Bertz CT molecular complexity index is 1130. The van der Waals surface area contributed by atoms with Crippen molar-refractivity contribution in [3.8, 4) is 5.75 Å². The summed E-state index contributed by atoms with van der Waals surface area (Å²) in [5.41, 5.74) is 4.96. The van der Waals surface area contributed by atoms with E-state index in [1.54, 1.807) is 7.11 Å². The summed E-state index contributed by atoms with van der Waals surface area (Å²) in [6.45, 7) is 8.03. The van der Waals surface area contributed by atoms with E-state index < -0.39 is 6.04 Å². The van der Waals surface area contributed by atoms with Crippen molar-refractivity contribution in [1.82, 2.24) is 9.88 Å². The highest BCUT2D eigenvalue weighted by Gasteiger charge is 2.32. The van der Waals surface area contributed by atoms with E-state index in [1.807, 2.05) is 81.6 Å². The number of carbonyl (C=O) groups excluding carboxylic acids is 1. The first kappa shape index (κ1) is 26.9. The molecule has 0 aliphatic carbocycles. The van der Waals surface area contributed by atoms with Crippen molar-refractivity contribution in [3.63, 3.8) is 0 Å². The number of nitrogens with zero attached hydrogens (tertiary/aromatic N) is 2. The average molecular weight is 489 g/mol. The molecule has 0 saturated heterocycles. The summed E-state index contributed by atoms with van der Waals surface area (Å²) in [4.78, 5) is 19.6. The number of nitrogens with one attached hydrogen (secondary N) is 2. The third kappa shape index (κ3) is 6.29. The number of hydrogen-bond acceptors (Lipinski definition) is 7. The Labute approximate surface area is 214 Å². The van der Waals surface area contributed by atoms with E-state index in [0.717, 1.165) is 40.0 Å². The lowest BCUT2D eigenvalue weighted by atomic mass is 9.94. The standard InChI is InChI=1S/C27H30N4O3.C2H6/c1-3-34-27(32)25(20-7-5-4-6-8-20)31-14-13-23-21(18-31)17-30-26(24(23)15-28)29-16-19-9-11-22(33-2)12-10-19;1-2/h4-12,15,17,25,28H,3,13-14,16,18H2,1-2H3,(H,29,30);1-2H3. The van der Waals surface area contributed by atoms with E-state index in [1.165, 1.54) is 6.21 Å². The minimum Gasteiger partial charge on any atom is -0.497 e. The fraction of sp³-hybridized carbons (Fsp3) is 0.345. The molecule has 7 nitrogen and oxygen atoms in total. The highest BCUT2D eigenvalue weighted by atomic mass is 16.5. The summed E-state index contributed by atoms with van der Waals surface area (Å²) in [6.07, 6.45) is 3.96. The van der Waals surface area contributed by atoms with Gasteiger partial charge in [-0.15, -0.1) is 0 Å². The Morgan fingerprint density at radius 1 is 1.17 bits per heavy atom. The molecule has 0 spiro atoms. The largest absolute Gasteiger partial charge is 0.497 e. The van der Waals surface area contributed by atoms with Crippen LogP contribution in [0.2, 0.25) is 0 Å². The van der Waals surface area contributed by atoms with Gasteiger partial charge in [0.25, 0.3) is 0 Å². The average Bonchev–Trinajstić information content (AvgIpc) is 2.93. The molecule has 0 amide bonds. The molecule has 1 aromatic heterocycles. The lowest BCUT2D eigenvalue weighted by molar-refractivity contribution is -0.150. The third-order valence-electron chi connectivity index (χ3n) is 6.09. The smallest absolute Gasteiger partial charge is 0.328 e. The van der Waals surface area contributed by atoms with Crippen LogP contribution in [0.3, 0.4) is 0 Å². The number of benzene rings is 2. The molecule has 1 aliphatic rings. The number of esters is 1. The second-order valence-corrected chi connectivity index (χ2v) is 8.16. The van der Waals surface area contributed by atoms with Gasteiger partial charge in [0.2, 0.25) is 0 Å². The summed E-state index contributed by atoms with van der Waals surface area (Å²) < 4.78 is 10.6. The van der Waals surface area contributed by atoms with E-state index in [9.17, 15) is 4.79 Å². The molecule has 190 valence electrons. The van der Waals surface area contributed by atoms with Gasteiger partial charge in [-0.25, -0.2) is 9.78 Å². The summed E-state index contributed by atoms with van der Waals surface area (Å²) in [5, 5.41) is 11.4. The highest BCUT2D eigenvalue weighted by molar-refractivity contribution is 5.87. The lowest BCUT2D eigenvalue weighted by Crippen LogP contribution is -2.39. The van der Waals surface area contributed by atoms with Gasteiger partial charge in [0.15, 0.2) is 0 Å². The van der Waals surface area contributed by atoms with Crippen molar-refractivity contribution in [2.24, 2.45) is 0 Å². The minimum absolute atomic E-state index is 0.241. The zero-order valence-corrected chi connectivity index (χ0v) is 21.6. The first-order chi connectivity index (χ1) is 17.6. The van der Waals surface area contributed by atoms with Crippen LogP contribution < -0.4 is 10.1 Å². The summed E-state index contributed by atoms with van der Waals surface area (Å²) in [5.74, 6) is 1.27. The molecule has 4 rings (SSSR count). The molecule has 1 unspecified atom stereocenters. The lowest BCUT2D eigenvalue weighted by Gasteiger charge is -2.35. The molecule has 0 fully saturated rings. The maximum atomic E-state index is 12.9. The Balaban J connectivity index is 0.00000176. The molecule has 0 saturated carbocycles. The number of ether oxygens (including phenoxy) is 2. The van der Waals surface area contributed by atoms with Gasteiger partial charge in [-0.05, 0) is 47.7 Å². The predicted octanol–water partition coefficient (Wildman–Crippen LogP) is 5.39. The van der Waals surface area contributed by atoms with Crippen molar-refractivity contribution < 1.29 is 14.3 Å². The van der Waals surface area contributed by atoms with Crippen molar-refractivity contribution in [2.75, 3.05) is 25.6 Å². The molecule has 36 heavy (non-hydrogen) atoms. The maximum Gasteiger partial charge on any atom is 0.328 e. The van der Waals surface area contributed by atoms with Crippen LogP contribution in [-0.4, -0.2) is 42.3 Å². The number of rotatable bonds is 9. The van der Waals surface area contributed by atoms with E-state index >= 15 is 0 Å². The Morgan fingerprint density at radius 2 is 1.89 bits per heavy atom. The van der Waals surface area contributed by atoms with Crippen molar-refractivity contribution in [2.45, 2.75) is 46.3 Å². The maximum absolute atomic E-state index is 12.9. The normalized spacial score (nSPS) is 13.4. The Morgan fingerprint density at radius 3 is 2.53 bits per heavy atom. The van der Waals surface area contributed by atoms with Crippen LogP contribution in [0.15, 0.2) is 60.8 Å². The predicted molar refractivity (Wildman–Crippen MR) is 144 cm³/mol. The molecule has 7 heteroatoms. The third-order valence-corrected chi connectivity index (χ3v) is 6.09. The van der Waals surface area contributed by atoms with Gasteiger partial charge < -0.3 is 20.2 Å². The minimum atomic E-state index is -0.467. The summed E-state index contributed by atoms with van der Waals surface area (Å²) >= 11 is 0. The van der Waals surface area contributed by atoms with Crippen LogP contribution in [-0.2, 0) is 29.0 Å². The topological polar surface area (TPSA) is 87.5 Å². The molecule has 2 aromatic carbocycles. The quantitative estimate of drug-likeness (QED) is 0.310. The number of pyridine rings is 1. The van der Waals surface area contributed by atoms with Crippen LogP contribution in [0.1, 0.15) is 54.6 Å². The van der Waals surface area contributed by atoms with Crippen LogP contribution >= 0.6 is 0 Å². The van der Waals surface area contributed by atoms with E-state index in [2.05, 4.69) is 15.2 Å². The van der Waals surface area contributed by atoms with Gasteiger partial charge in [-0.3, -0.25) is 4.90 Å². The molecule has 1 atom stereocenters. The van der Waals surface area contributed by atoms with Gasteiger partial charge in [0, 0.05) is 37.6 Å². The second kappa shape index (κ2) is 13.4. The number of anilines is 1. The zero-order valence-electron chi connectivity index (χ0n) is 21.6. The van der Waals surface area contributed by atoms with Crippen molar-refractivity contribution in [3.05, 3.63) is 88.6 Å². The number of fused-ring (bicyclic) bond motifs is 1. The molecule has 3 aromatic rings. The molecular formula is C29H36N4O3. The summed E-state index contributed by atoms with van der Waals surface area (Å²) in [6, 6.07) is 17.1. The molecule has 0 radical (unpaired) electrons.